The topological polar surface area (TPSA) is 66.4 Å². The third kappa shape index (κ3) is 3.12. The molecule has 4 nitrogen and oxygen atoms in total. The Morgan fingerprint density at radius 2 is 1.90 bits per heavy atom. The lowest BCUT2D eigenvalue weighted by molar-refractivity contribution is -0.143. The van der Waals surface area contributed by atoms with Crippen molar-refractivity contribution in [3.63, 3.8) is 0 Å². The molecular weight excluding hydrogens is 286 g/mol. The molecule has 0 saturated heterocycles. The molecule has 2 N–H and O–H groups in total. The summed E-state index contributed by atoms with van der Waals surface area (Å²) in [7, 11) is 0. The highest BCUT2D eigenvalue weighted by Gasteiger charge is 2.50. The second kappa shape index (κ2) is 5.79. The highest BCUT2D eigenvalue weighted by Crippen LogP contribution is 2.45. The highest BCUT2D eigenvalue weighted by molar-refractivity contribution is 7.14. The molecule has 5 heteroatoms. The van der Waals surface area contributed by atoms with Gasteiger partial charge in [0.1, 0.15) is 0 Å². The van der Waals surface area contributed by atoms with Crippen molar-refractivity contribution in [3.8, 4) is 0 Å². The molecule has 0 spiro atoms. The van der Waals surface area contributed by atoms with E-state index in [4.69, 9.17) is 5.11 Å². The highest BCUT2D eigenvalue weighted by atomic mass is 32.1. The van der Waals surface area contributed by atoms with Crippen molar-refractivity contribution in [3.05, 3.63) is 21.4 Å². The maximum absolute atomic E-state index is 12.2. The Bertz CT molecular complexity index is 534. The summed E-state index contributed by atoms with van der Waals surface area (Å²) in [5.41, 5.74) is 0.630. The van der Waals surface area contributed by atoms with Gasteiger partial charge in [-0.3, -0.25) is 9.59 Å². The van der Waals surface area contributed by atoms with Crippen molar-refractivity contribution in [2.45, 2.75) is 51.4 Å². The maximum Gasteiger partial charge on any atom is 0.311 e. The number of carbonyl (C=O) groups excluding carboxylic acids is 1. The second-order valence-electron chi connectivity index (χ2n) is 6.24. The minimum atomic E-state index is -0.791. The number of hydrogen-bond donors (Lipinski definition) is 2. The van der Waals surface area contributed by atoms with E-state index >= 15 is 0 Å². The number of hydrogen-bond acceptors (Lipinski definition) is 3. The summed E-state index contributed by atoms with van der Waals surface area (Å²) in [6.07, 6.45) is 8.44. The van der Waals surface area contributed by atoms with Crippen LogP contribution < -0.4 is 5.32 Å². The largest absolute Gasteiger partial charge is 0.481 e. The molecule has 0 aromatic carbocycles. The number of carboxylic acid groups (broad SMARTS) is 1. The van der Waals surface area contributed by atoms with Crippen molar-refractivity contribution >= 4 is 23.2 Å². The van der Waals surface area contributed by atoms with Crippen LogP contribution in [0.1, 0.15) is 58.6 Å². The SMILES string of the molecule is O=C(NCC1(C(=O)O)CC1)c1cc2c(s1)CCCCCC2. The monoisotopic (exact) mass is 307 g/mol. The molecule has 1 aromatic heterocycles. The lowest BCUT2D eigenvalue weighted by atomic mass is 10.00. The normalized spacial score (nSPS) is 20.0. The number of carbonyl (C=O) groups is 2. The first kappa shape index (κ1) is 14.6. The minimum absolute atomic E-state index is 0.112. The van der Waals surface area contributed by atoms with E-state index in [1.54, 1.807) is 11.3 Å². The Hall–Kier alpha value is -1.36. The molecule has 2 aliphatic rings. The van der Waals surface area contributed by atoms with Crippen LogP contribution in [0.15, 0.2) is 6.07 Å². The Morgan fingerprint density at radius 1 is 1.19 bits per heavy atom. The minimum Gasteiger partial charge on any atom is -0.481 e. The van der Waals surface area contributed by atoms with Gasteiger partial charge in [0.15, 0.2) is 0 Å². The van der Waals surface area contributed by atoms with Crippen molar-refractivity contribution in [1.82, 2.24) is 5.32 Å². The van der Waals surface area contributed by atoms with Gasteiger partial charge in [-0.1, -0.05) is 12.8 Å². The van der Waals surface area contributed by atoms with E-state index in [2.05, 4.69) is 5.32 Å². The molecule has 1 heterocycles. The molecule has 2 aliphatic carbocycles. The van der Waals surface area contributed by atoms with E-state index in [1.807, 2.05) is 6.07 Å². The van der Waals surface area contributed by atoms with Gasteiger partial charge in [-0.05, 0) is 50.2 Å². The van der Waals surface area contributed by atoms with Gasteiger partial charge in [0, 0.05) is 11.4 Å². The molecule has 1 fully saturated rings. The average Bonchev–Trinajstić information content (AvgIpc) is 3.14. The molecule has 0 radical (unpaired) electrons. The molecule has 0 unspecified atom stereocenters. The van der Waals surface area contributed by atoms with Gasteiger partial charge in [0.05, 0.1) is 10.3 Å². The zero-order valence-corrected chi connectivity index (χ0v) is 12.9. The maximum atomic E-state index is 12.2. The third-order valence-electron chi connectivity index (χ3n) is 4.61. The molecule has 3 rings (SSSR count). The van der Waals surface area contributed by atoms with Gasteiger partial charge >= 0.3 is 5.97 Å². The smallest absolute Gasteiger partial charge is 0.311 e. The van der Waals surface area contributed by atoms with Crippen LogP contribution >= 0.6 is 11.3 Å². The molecule has 0 bridgehead atoms. The fraction of sp³-hybridized carbons (Fsp3) is 0.625. The van der Waals surface area contributed by atoms with Crippen LogP contribution in [0.3, 0.4) is 0 Å². The Kier molecular flexibility index (Phi) is 4.02. The number of amides is 1. The lowest BCUT2D eigenvalue weighted by Crippen LogP contribution is -2.33. The van der Waals surface area contributed by atoms with E-state index in [9.17, 15) is 9.59 Å². The third-order valence-corrected chi connectivity index (χ3v) is 5.85. The molecule has 0 atom stereocenters. The molecular formula is C16H21NO3S. The zero-order valence-electron chi connectivity index (χ0n) is 12.1. The van der Waals surface area contributed by atoms with Crippen molar-refractivity contribution in [2.24, 2.45) is 5.41 Å². The standard InChI is InChI=1S/C16H21NO3S/c18-14(17-10-16(7-8-16)15(19)20)13-9-11-5-3-1-2-4-6-12(11)21-13/h9H,1-8,10H2,(H,17,18)(H,19,20). The Labute approximate surface area is 128 Å². The first-order valence-electron chi connectivity index (χ1n) is 7.74. The number of rotatable bonds is 4. The fourth-order valence-electron chi connectivity index (χ4n) is 2.91. The number of aryl methyl sites for hydroxylation is 2. The van der Waals surface area contributed by atoms with Crippen LogP contribution in [0.25, 0.3) is 0 Å². The molecule has 1 amide bonds. The summed E-state index contributed by atoms with van der Waals surface area (Å²) in [4.78, 5) is 25.4. The Balaban J connectivity index is 1.65. The molecule has 0 aliphatic heterocycles. The van der Waals surface area contributed by atoms with Crippen LogP contribution in [0.5, 0.6) is 0 Å². The molecule has 1 saturated carbocycles. The lowest BCUT2D eigenvalue weighted by Gasteiger charge is -2.10. The average molecular weight is 307 g/mol. The van der Waals surface area contributed by atoms with E-state index in [0.717, 1.165) is 17.7 Å². The zero-order chi connectivity index (χ0) is 14.9. The van der Waals surface area contributed by atoms with Crippen LogP contribution in [-0.2, 0) is 17.6 Å². The van der Waals surface area contributed by atoms with Gasteiger partial charge in [0.2, 0.25) is 0 Å². The van der Waals surface area contributed by atoms with Crippen molar-refractivity contribution < 1.29 is 14.7 Å². The van der Waals surface area contributed by atoms with Crippen molar-refractivity contribution in [2.75, 3.05) is 6.54 Å². The van der Waals surface area contributed by atoms with Gasteiger partial charge in [-0.25, -0.2) is 0 Å². The number of aliphatic carboxylic acids is 1. The number of fused-ring (bicyclic) bond motifs is 1. The predicted molar refractivity (Wildman–Crippen MR) is 81.8 cm³/mol. The molecule has 21 heavy (non-hydrogen) atoms. The second-order valence-corrected chi connectivity index (χ2v) is 7.38. The summed E-state index contributed by atoms with van der Waals surface area (Å²) in [5.74, 6) is -0.902. The first-order valence-corrected chi connectivity index (χ1v) is 8.56. The van der Waals surface area contributed by atoms with E-state index in [0.29, 0.717) is 12.8 Å². The van der Waals surface area contributed by atoms with E-state index in [1.165, 1.54) is 36.1 Å². The van der Waals surface area contributed by atoms with Gasteiger partial charge in [-0.15, -0.1) is 11.3 Å². The predicted octanol–water partition coefficient (Wildman–Crippen LogP) is 3.00. The van der Waals surface area contributed by atoms with Crippen LogP contribution in [0, 0.1) is 5.41 Å². The van der Waals surface area contributed by atoms with Gasteiger partial charge in [0.25, 0.3) is 5.91 Å². The number of nitrogens with one attached hydrogen (secondary N) is 1. The summed E-state index contributed by atoms with van der Waals surface area (Å²) in [6.45, 7) is 0.254. The van der Waals surface area contributed by atoms with Crippen molar-refractivity contribution in [1.29, 1.82) is 0 Å². The van der Waals surface area contributed by atoms with Gasteiger partial charge in [-0.2, -0.15) is 0 Å². The van der Waals surface area contributed by atoms with Crippen LogP contribution in [0.2, 0.25) is 0 Å². The molecule has 1 aromatic rings. The summed E-state index contributed by atoms with van der Waals surface area (Å²) < 4.78 is 0. The number of carboxylic acids is 1. The first-order chi connectivity index (χ1) is 10.1. The quantitative estimate of drug-likeness (QED) is 0.898. The van der Waals surface area contributed by atoms with E-state index < -0.39 is 11.4 Å². The summed E-state index contributed by atoms with van der Waals surface area (Å²) in [6, 6.07) is 2.01. The fourth-order valence-corrected chi connectivity index (χ4v) is 4.08. The van der Waals surface area contributed by atoms with Gasteiger partial charge < -0.3 is 10.4 Å². The van der Waals surface area contributed by atoms with E-state index in [-0.39, 0.29) is 12.5 Å². The summed E-state index contributed by atoms with van der Waals surface area (Å²) >= 11 is 1.59. The summed E-state index contributed by atoms with van der Waals surface area (Å²) in [5, 5.41) is 11.9. The molecule has 114 valence electrons. The van der Waals surface area contributed by atoms with Crippen LogP contribution in [0.4, 0.5) is 0 Å². The Morgan fingerprint density at radius 3 is 2.57 bits per heavy atom. The number of thiophene rings is 1. The van der Waals surface area contributed by atoms with Crippen LogP contribution in [-0.4, -0.2) is 23.5 Å².